The summed E-state index contributed by atoms with van der Waals surface area (Å²) >= 11 is 11.9. The molecule has 4 rings (SSSR count). The van der Waals surface area contributed by atoms with Gasteiger partial charge in [0, 0.05) is 6.42 Å². The molecular formula is C24H17Cl2N3O3. The van der Waals surface area contributed by atoms with Crippen LogP contribution in [0.1, 0.15) is 31.8 Å². The fourth-order valence-electron chi connectivity index (χ4n) is 3.47. The molecule has 0 bridgehead atoms. The molecule has 8 heteroatoms. The zero-order valence-corrected chi connectivity index (χ0v) is 18.2. The summed E-state index contributed by atoms with van der Waals surface area (Å²) in [6.07, 6.45) is 1.56. The van der Waals surface area contributed by atoms with Gasteiger partial charge in [-0.2, -0.15) is 5.10 Å². The van der Waals surface area contributed by atoms with Crippen LogP contribution in [0.2, 0.25) is 10.0 Å². The Hall–Kier alpha value is -3.48. The van der Waals surface area contributed by atoms with E-state index in [1.807, 2.05) is 30.3 Å². The molecule has 0 saturated heterocycles. The number of fused-ring (bicyclic) bond motifs is 1. The van der Waals surface area contributed by atoms with E-state index >= 15 is 0 Å². The molecular weight excluding hydrogens is 449 g/mol. The van der Waals surface area contributed by atoms with E-state index in [2.05, 4.69) is 10.5 Å². The first-order valence-corrected chi connectivity index (χ1v) is 10.5. The van der Waals surface area contributed by atoms with Crippen LogP contribution in [0.4, 0.5) is 0 Å². The van der Waals surface area contributed by atoms with Gasteiger partial charge in [-0.15, -0.1) is 0 Å². The van der Waals surface area contributed by atoms with Crippen molar-refractivity contribution in [3.63, 3.8) is 0 Å². The van der Waals surface area contributed by atoms with Gasteiger partial charge in [0.15, 0.2) is 0 Å². The summed E-state index contributed by atoms with van der Waals surface area (Å²) in [4.78, 5) is 40.0. The van der Waals surface area contributed by atoms with Crippen LogP contribution in [0.25, 0.3) is 0 Å². The number of nitrogens with one attached hydrogen (secondary N) is 1. The van der Waals surface area contributed by atoms with E-state index in [1.165, 1.54) is 6.21 Å². The Labute approximate surface area is 194 Å². The third kappa shape index (κ3) is 4.42. The van der Waals surface area contributed by atoms with Crippen LogP contribution in [0.3, 0.4) is 0 Å². The minimum Gasteiger partial charge on any atom is -0.271 e. The zero-order valence-electron chi connectivity index (χ0n) is 16.7. The number of amides is 3. The van der Waals surface area contributed by atoms with Crippen molar-refractivity contribution >= 4 is 47.1 Å². The molecule has 3 amide bonds. The molecule has 0 saturated carbocycles. The van der Waals surface area contributed by atoms with E-state index in [-0.39, 0.29) is 17.5 Å². The van der Waals surface area contributed by atoms with Crippen LogP contribution in [-0.4, -0.2) is 34.9 Å². The Morgan fingerprint density at radius 3 is 2.16 bits per heavy atom. The lowest BCUT2D eigenvalue weighted by Crippen LogP contribution is -2.49. The quantitative estimate of drug-likeness (QED) is 0.333. The van der Waals surface area contributed by atoms with Crippen LogP contribution in [0.5, 0.6) is 0 Å². The highest BCUT2D eigenvalue weighted by atomic mass is 35.5. The van der Waals surface area contributed by atoms with Crippen molar-refractivity contribution in [2.45, 2.75) is 12.5 Å². The maximum Gasteiger partial charge on any atom is 0.263 e. The highest BCUT2D eigenvalue weighted by molar-refractivity contribution is 6.42. The minimum atomic E-state index is -1.07. The molecule has 0 unspecified atom stereocenters. The first-order chi connectivity index (χ1) is 15.5. The lowest BCUT2D eigenvalue weighted by Gasteiger charge is -2.24. The second-order valence-electron chi connectivity index (χ2n) is 7.14. The molecule has 1 N–H and O–H groups in total. The molecule has 160 valence electrons. The average molecular weight is 466 g/mol. The number of halogens is 2. The Kier molecular flexibility index (Phi) is 6.35. The second kappa shape index (κ2) is 9.34. The molecule has 0 fully saturated rings. The third-order valence-corrected chi connectivity index (χ3v) is 5.78. The Morgan fingerprint density at radius 2 is 1.53 bits per heavy atom. The smallest absolute Gasteiger partial charge is 0.263 e. The summed E-state index contributed by atoms with van der Waals surface area (Å²) in [6.45, 7) is 0. The summed E-state index contributed by atoms with van der Waals surface area (Å²) in [5.41, 5.74) is 4.43. The van der Waals surface area contributed by atoms with E-state index in [4.69, 9.17) is 23.2 Å². The van der Waals surface area contributed by atoms with Crippen LogP contribution in [0, 0.1) is 0 Å². The summed E-state index contributed by atoms with van der Waals surface area (Å²) in [5.74, 6) is -1.59. The number of imide groups is 1. The Bertz CT molecular complexity index is 1190. The van der Waals surface area contributed by atoms with E-state index in [0.29, 0.717) is 15.6 Å². The van der Waals surface area contributed by atoms with Gasteiger partial charge in [-0.3, -0.25) is 19.3 Å². The van der Waals surface area contributed by atoms with Crippen molar-refractivity contribution in [1.82, 2.24) is 10.3 Å². The maximum atomic E-state index is 13.1. The van der Waals surface area contributed by atoms with Gasteiger partial charge >= 0.3 is 0 Å². The number of hydrogen-bond donors (Lipinski definition) is 1. The van der Waals surface area contributed by atoms with E-state index < -0.39 is 23.8 Å². The predicted molar refractivity (Wildman–Crippen MR) is 123 cm³/mol. The molecule has 0 radical (unpaired) electrons. The summed E-state index contributed by atoms with van der Waals surface area (Å²) in [6, 6.07) is 19.5. The van der Waals surface area contributed by atoms with Crippen LogP contribution >= 0.6 is 23.2 Å². The highest BCUT2D eigenvalue weighted by Gasteiger charge is 2.42. The number of benzene rings is 3. The largest absolute Gasteiger partial charge is 0.271 e. The molecule has 3 aromatic rings. The van der Waals surface area contributed by atoms with Gasteiger partial charge in [0.05, 0.1) is 27.4 Å². The third-order valence-electron chi connectivity index (χ3n) is 5.04. The lowest BCUT2D eigenvalue weighted by atomic mass is 10.0. The monoisotopic (exact) mass is 465 g/mol. The fraction of sp³-hybridized carbons (Fsp3) is 0.0833. The predicted octanol–water partition coefficient (Wildman–Crippen LogP) is 4.35. The number of carbonyl (C=O) groups excluding carboxylic acids is 3. The highest BCUT2D eigenvalue weighted by Crippen LogP contribution is 2.26. The Morgan fingerprint density at radius 1 is 0.906 bits per heavy atom. The number of rotatable bonds is 6. The topological polar surface area (TPSA) is 78.8 Å². The SMILES string of the molecule is O=C(N/N=C\c1ccc(Cl)c(Cl)c1)[C@H](Cc1ccccc1)N1C(=O)c2ccccc2C1=O. The zero-order chi connectivity index (χ0) is 22.7. The molecule has 1 aliphatic rings. The molecule has 3 aromatic carbocycles. The van der Waals surface area contributed by atoms with Crippen molar-refractivity contribution in [3.05, 3.63) is 105 Å². The first kappa shape index (κ1) is 21.7. The second-order valence-corrected chi connectivity index (χ2v) is 7.95. The van der Waals surface area contributed by atoms with Crippen molar-refractivity contribution in [2.24, 2.45) is 5.10 Å². The molecule has 0 aromatic heterocycles. The van der Waals surface area contributed by atoms with Gasteiger partial charge in [-0.05, 0) is 35.4 Å². The molecule has 0 spiro atoms. The molecule has 32 heavy (non-hydrogen) atoms. The fourth-order valence-corrected chi connectivity index (χ4v) is 3.77. The normalized spacial score (nSPS) is 14.0. The number of hydrazone groups is 1. The summed E-state index contributed by atoms with van der Waals surface area (Å²) < 4.78 is 0. The van der Waals surface area contributed by atoms with Gasteiger partial charge in [0.1, 0.15) is 6.04 Å². The van der Waals surface area contributed by atoms with Gasteiger partial charge in [-0.1, -0.05) is 71.7 Å². The first-order valence-electron chi connectivity index (χ1n) is 9.74. The molecule has 6 nitrogen and oxygen atoms in total. The van der Waals surface area contributed by atoms with E-state index in [9.17, 15) is 14.4 Å². The molecule has 0 aliphatic carbocycles. The standard InChI is InChI=1S/C24H17Cl2N3O3/c25-19-11-10-16(12-20(19)26)14-27-28-22(30)21(13-15-6-2-1-3-7-15)29-23(31)17-8-4-5-9-18(17)24(29)32/h1-12,14,21H,13H2,(H,28,30)/b27-14-/t21-/m0/s1. The lowest BCUT2D eigenvalue weighted by molar-refractivity contribution is -0.125. The van der Waals surface area contributed by atoms with Crippen LogP contribution < -0.4 is 5.43 Å². The maximum absolute atomic E-state index is 13.1. The van der Waals surface area contributed by atoms with Gasteiger partial charge < -0.3 is 0 Å². The summed E-state index contributed by atoms with van der Waals surface area (Å²) in [7, 11) is 0. The van der Waals surface area contributed by atoms with Gasteiger partial charge in [0.25, 0.3) is 17.7 Å². The van der Waals surface area contributed by atoms with E-state index in [0.717, 1.165) is 10.5 Å². The van der Waals surface area contributed by atoms with Crippen molar-refractivity contribution < 1.29 is 14.4 Å². The van der Waals surface area contributed by atoms with Crippen molar-refractivity contribution in [1.29, 1.82) is 0 Å². The molecule has 1 aliphatic heterocycles. The van der Waals surface area contributed by atoms with Gasteiger partial charge in [-0.25, -0.2) is 5.43 Å². The van der Waals surface area contributed by atoms with Gasteiger partial charge in [0.2, 0.25) is 0 Å². The molecule has 1 heterocycles. The van der Waals surface area contributed by atoms with Crippen molar-refractivity contribution in [3.8, 4) is 0 Å². The summed E-state index contributed by atoms with van der Waals surface area (Å²) in [5, 5.41) is 4.73. The average Bonchev–Trinajstić information content (AvgIpc) is 3.05. The Balaban J connectivity index is 1.59. The minimum absolute atomic E-state index is 0.153. The number of nitrogens with zero attached hydrogens (tertiary/aromatic N) is 2. The van der Waals surface area contributed by atoms with Crippen LogP contribution in [-0.2, 0) is 11.2 Å². The van der Waals surface area contributed by atoms with Crippen molar-refractivity contribution in [2.75, 3.05) is 0 Å². The van der Waals surface area contributed by atoms with Crippen LogP contribution in [0.15, 0.2) is 77.9 Å². The number of hydrogen-bond acceptors (Lipinski definition) is 4. The molecule has 1 atom stereocenters. The number of carbonyl (C=O) groups is 3. The van der Waals surface area contributed by atoms with E-state index in [1.54, 1.807) is 42.5 Å².